The second-order valence-electron chi connectivity index (χ2n) is 3.98. The smallest absolute Gasteiger partial charge is 0.229 e. The van der Waals surface area contributed by atoms with Gasteiger partial charge in [0, 0.05) is 20.0 Å². The molecule has 0 spiro atoms. The third-order valence-corrected chi connectivity index (χ3v) is 4.02. The summed E-state index contributed by atoms with van der Waals surface area (Å²) in [6.45, 7) is 0. The van der Waals surface area contributed by atoms with Crippen molar-refractivity contribution in [2.75, 3.05) is 5.73 Å². The lowest BCUT2D eigenvalue weighted by atomic mass is 10.2. The third-order valence-electron chi connectivity index (χ3n) is 2.68. The van der Waals surface area contributed by atoms with Crippen molar-refractivity contribution < 1.29 is 4.42 Å². The lowest BCUT2D eigenvalue weighted by Gasteiger charge is -2.04. The summed E-state index contributed by atoms with van der Waals surface area (Å²) in [6, 6.07) is 9.06. The van der Waals surface area contributed by atoms with Gasteiger partial charge in [-0.15, -0.1) is 0 Å². The van der Waals surface area contributed by atoms with Gasteiger partial charge in [0.25, 0.3) is 0 Å². The van der Waals surface area contributed by atoms with Gasteiger partial charge in [0.15, 0.2) is 5.58 Å². The molecule has 1 aromatic heterocycles. The molecular weight excluding hydrogens is 395 g/mol. The Labute approximate surface area is 131 Å². The number of aromatic nitrogens is 1. The van der Waals surface area contributed by atoms with Crippen molar-refractivity contribution in [2.24, 2.45) is 0 Å². The first-order valence-electron chi connectivity index (χ1n) is 5.35. The first-order chi connectivity index (χ1) is 9.04. The summed E-state index contributed by atoms with van der Waals surface area (Å²) in [4.78, 5) is 4.42. The number of hydrogen-bond donors (Lipinski definition) is 1. The van der Waals surface area contributed by atoms with Gasteiger partial charge in [0.1, 0.15) is 5.52 Å². The third kappa shape index (κ3) is 2.38. The molecule has 2 N–H and O–H groups in total. The van der Waals surface area contributed by atoms with Crippen LogP contribution in [0.25, 0.3) is 22.6 Å². The molecule has 0 saturated carbocycles. The van der Waals surface area contributed by atoms with Crippen LogP contribution < -0.4 is 5.73 Å². The van der Waals surface area contributed by atoms with E-state index in [1.807, 2.05) is 18.2 Å². The van der Waals surface area contributed by atoms with Gasteiger partial charge in [-0.25, -0.2) is 4.98 Å². The molecule has 96 valence electrons. The van der Waals surface area contributed by atoms with E-state index in [0.717, 1.165) is 20.0 Å². The van der Waals surface area contributed by atoms with Crippen molar-refractivity contribution in [1.29, 1.82) is 0 Å². The van der Waals surface area contributed by atoms with Crippen LogP contribution in [0.15, 0.2) is 43.7 Å². The van der Waals surface area contributed by atoms with Gasteiger partial charge in [-0.2, -0.15) is 0 Å². The van der Waals surface area contributed by atoms with E-state index in [1.54, 1.807) is 12.1 Å². The minimum atomic E-state index is 0.469. The number of hydrogen-bond acceptors (Lipinski definition) is 3. The number of oxazole rings is 1. The molecule has 0 radical (unpaired) electrons. The average molecular weight is 402 g/mol. The molecule has 3 aromatic rings. The van der Waals surface area contributed by atoms with E-state index in [-0.39, 0.29) is 0 Å². The molecule has 0 aliphatic heterocycles. The topological polar surface area (TPSA) is 52.0 Å². The highest BCUT2D eigenvalue weighted by Crippen LogP contribution is 2.36. The van der Waals surface area contributed by atoms with Crippen molar-refractivity contribution in [3.63, 3.8) is 0 Å². The van der Waals surface area contributed by atoms with Crippen LogP contribution in [0, 0.1) is 0 Å². The molecule has 2 aromatic carbocycles. The number of nitrogen functional groups attached to an aromatic ring is 1. The molecule has 6 heteroatoms. The zero-order valence-electron chi connectivity index (χ0n) is 9.45. The van der Waals surface area contributed by atoms with Gasteiger partial charge in [-0.1, -0.05) is 27.5 Å². The van der Waals surface area contributed by atoms with Crippen molar-refractivity contribution in [2.45, 2.75) is 0 Å². The molecule has 0 bridgehead atoms. The van der Waals surface area contributed by atoms with Crippen LogP contribution in [0.1, 0.15) is 0 Å². The number of rotatable bonds is 1. The normalized spacial score (nSPS) is 11.1. The van der Waals surface area contributed by atoms with Crippen LogP contribution in [0.2, 0.25) is 5.02 Å². The minimum absolute atomic E-state index is 0.469. The van der Waals surface area contributed by atoms with Crippen LogP contribution in [0.4, 0.5) is 5.69 Å². The lowest BCUT2D eigenvalue weighted by Crippen LogP contribution is -1.92. The molecule has 3 rings (SSSR count). The maximum absolute atomic E-state index is 6.04. The van der Waals surface area contributed by atoms with E-state index in [0.29, 0.717) is 22.2 Å². The molecular formula is C13H7Br2ClN2O. The number of fused-ring (bicyclic) bond motifs is 1. The summed E-state index contributed by atoms with van der Waals surface area (Å²) >= 11 is 12.8. The van der Waals surface area contributed by atoms with E-state index in [9.17, 15) is 0 Å². The molecule has 0 atom stereocenters. The van der Waals surface area contributed by atoms with E-state index >= 15 is 0 Å². The Balaban J connectivity index is 2.24. The quantitative estimate of drug-likeness (QED) is 0.565. The Hall–Kier alpha value is -1.04. The molecule has 19 heavy (non-hydrogen) atoms. The predicted molar refractivity (Wildman–Crippen MR) is 84.3 cm³/mol. The van der Waals surface area contributed by atoms with Gasteiger partial charge < -0.3 is 10.2 Å². The lowest BCUT2D eigenvalue weighted by molar-refractivity contribution is 0.620. The van der Waals surface area contributed by atoms with Gasteiger partial charge in [0.05, 0.1) is 11.3 Å². The van der Waals surface area contributed by atoms with E-state index in [4.69, 9.17) is 21.8 Å². The molecule has 3 nitrogen and oxygen atoms in total. The maximum atomic E-state index is 6.04. The van der Waals surface area contributed by atoms with Crippen LogP contribution >= 0.6 is 43.5 Å². The molecule has 0 aliphatic carbocycles. The second kappa shape index (κ2) is 4.81. The van der Waals surface area contributed by atoms with Gasteiger partial charge in [-0.05, 0) is 40.2 Å². The van der Waals surface area contributed by atoms with Crippen molar-refractivity contribution in [1.82, 2.24) is 4.98 Å². The number of halogens is 3. The average Bonchev–Trinajstić information content (AvgIpc) is 2.76. The molecule has 0 fully saturated rings. The summed E-state index contributed by atoms with van der Waals surface area (Å²) in [5, 5.41) is 0.610. The highest BCUT2D eigenvalue weighted by atomic mass is 79.9. The standard InChI is InChI=1S/C13H7Br2ClN2O/c14-6-3-8(12(17)9(15)4-6)13-18-10-2-1-7(16)5-11(10)19-13/h1-5H,17H2. The summed E-state index contributed by atoms with van der Waals surface area (Å²) < 4.78 is 7.39. The van der Waals surface area contributed by atoms with Crippen molar-refractivity contribution in [3.8, 4) is 11.5 Å². The highest BCUT2D eigenvalue weighted by molar-refractivity contribution is 9.11. The van der Waals surface area contributed by atoms with Gasteiger partial charge in [-0.3, -0.25) is 0 Å². The SMILES string of the molecule is Nc1c(Br)cc(Br)cc1-c1nc2ccc(Cl)cc2o1. The number of anilines is 1. The summed E-state index contributed by atoms with van der Waals surface area (Å²) in [7, 11) is 0. The zero-order valence-corrected chi connectivity index (χ0v) is 13.4. The first-order valence-corrected chi connectivity index (χ1v) is 7.32. The fourth-order valence-electron chi connectivity index (χ4n) is 1.78. The Bertz CT molecular complexity index is 786. The molecule has 1 heterocycles. The van der Waals surface area contributed by atoms with Crippen LogP contribution in [-0.2, 0) is 0 Å². The van der Waals surface area contributed by atoms with Crippen LogP contribution in [0.3, 0.4) is 0 Å². The first kappa shape index (κ1) is 13.0. The van der Waals surface area contributed by atoms with E-state index in [2.05, 4.69) is 36.8 Å². The number of nitrogens with zero attached hydrogens (tertiary/aromatic N) is 1. The second-order valence-corrected chi connectivity index (χ2v) is 6.19. The summed E-state index contributed by atoms with van der Waals surface area (Å²) in [5.74, 6) is 0.469. The molecule has 0 unspecified atom stereocenters. The predicted octanol–water partition coefficient (Wildman–Crippen LogP) is 5.26. The van der Waals surface area contributed by atoms with Gasteiger partial charge in [0.2, 0.25) is 5.89 Å². The fraction of sp³-hybridized carbons (Fsp3) is 0. The maximum Gasteiger partial charge on any atom is 0.229 e. The highest BCUT2D eigenvalue weighted by Gasteiger charge is 2.14. The van der Waals surface area contributed by atoms with E-state index < -0.39 is 0 Å². The number of benzene rings is 2. The van der Waals surface area contributed by atoms with Crippen molar-refractivity contribution >= 4 is 60.2 Å². The monoisotopic (exact) mass is 400 g/mol. The summed E-state index contributed by atoms with van der Waals surface area (Å²) in [5.41, 5.74) is 8.74. The Morgan fingerprint density at radius 3 is 2.74 bits per heavy atom. The van der Waals surface area contributed by atoms with Crippen LogP contribution in [-0.4, -0.2) is 4.98 Å². The van der Waals surface area contributed by atoms with Gasteiger partial charge >= 0.3 is 0 Å². The Morgan fingerprint density at radius 1 is 1.16 bits per heavy atom. The Kier molecular flexibility index (Phi) is 3.28. The fourth-order valence-corrected chi connectivity index (χ4v) is 3.16. The number of nitrogens with two attached hydrogens (primary N) is 1. The largest absolute Gasteiger partial charge is 0.436 e. The zero-order chi connectivity index (χ0) is 13.6. The summed E-state index contributed by atoms with van der Waals surface area (Å²) in [6.07, 6.45) is 0. The molecule has 0 saturated heterocycles. The van der Waals surface area contributed by atoms with E-state index in [1.165, 1.54) is 0 Å². The Morgan fingerprint density at radius 2 is 1.95 bits per heavy atom. The molecule has 0 amide bonds. The van der Waals surface area contributed by atoms with Crippen LogP contribution in [0.5, 0.6) is 0 Å². The minimum Gasteiger partial charge on any atom is -0.436 e. The van der Waals surface area contributed by atoms with Crippen molar-refractivity contribution in [3.05, 3.63) is 44.3 Å². The molecule has 0 aliphatic rings.